The molecule has 8 nitrogen and oxygen atoms in total. The predicted molar refractivity (Wildman–Crippen MR) is 199 cm³/mol. The molecule has 0 atom stereocenters. The van der Waals surface area contributed by atoms with Gasteiger partial charge in [-0.05, 0) is 138 Å². The summed E-state index contributed by atoms with van der Waals surface area (Å²) in [7, 11) is 3.08. The van der Waals surface area contributed by atoms with Crippen LogP contribution in [-0.2, 0) is 12.8 Å². The fourth-order valence-electron chi connectivity index (χ4n) is 4.80. The molecular weight excluding hydrogens is 632 g/mol. The van der Waals surface area contributed by atoms with Crippen molar-refractivity contribution in [3.8, 4) is 34.5 Å². The van der Waals surface area contributed by atoms with Crippen molar-refractivity contribution in [3.63, 3.8) is 0 Å². The van der Waals surface area contributed by atoms with Crippen LogP contribution in [0.25, 0.3) is 12.2 Å². The second-order valence-corrected chi connectivity index (χ2v) is 11.8. The van der Waals surface area contributed by atoms with Crippen molar-refractivity contribution >= 4 is 23.7 Å². The van der Waals surface area contributed by atoms with Crippen molar-refractivity contribution in [2.45, 2.75) is 40.5 Å². The Morgan fingerprint density at radius 1 is 0.540 bits per heavy atom. The number of allylic oxidation sites excluding steroid dienone is 6. The van der Waals surface area contributed by atoms with Crippen molar-refractivity contribution in [1.82, 2.24) is 0 Å². The third-order valence-corrected chi connectivity index (χ3v) is 7.50. The highest BCUT2D eigenvalue weighted by Gasteiger charge is 2.13. The van der Waals surface area contributed by atoms with E-state index in [1.54, 1.807) is 74.9 Å². The van der Waals surface area contributed by atoms with E-state index in [0.717, 1.165) is 11.1 Å². The Morgan fingerprint density at radius 2 is 0.880 bits per heavy atom. The number of ketones is 2. The van der Waals surface area contributed by atoms with Gasteiger partial charge in [-0.25, -0.2) is 0 Å². The number of ether oxygens (including phenoxy) is 2. The van der Waals surface area contributed by atoms with E-state index in [1.807, 2.05) is 39.8 Å². The third-order valence-electron chi connectivity index (χ3n) is 7.50. The molecule has 0 aromatic heterocycles. The maximum atomic E-state index is 12.2. The van der Waals surface area contributed by atoms with Crippen molar-refractivity contribution in [2.24, 2.45) is 0 Å². The zero-order chi connectivity index (χ0) is 36.8. The highest BCUT2D eigenvalue weighted by Crippen LogP contribution is 2.34. The summed E-state index contributed by atoms with van der Waals surface area (Å²) in [6.07, 6.45) is 11.3. The average molecular weight is 677 g/mol. The highest BCUT2D eigenvalue weighted by molar-refractivity contribution is 6.07. The Morgan fingerprint density at radius 3 is 1.18 bits per heavy atom. The van der Waals surface area contributed by atoms with Gasteiger partial charge in [0.25, 0.3) is 0 Å². The number of hydrogen-bond donors (Lipinski definition) is 4. The Kier molecular flexibility index (Phi) is 14.2. The van der Waals surface area contributed by atoms with Gasteiger partial charge < -0.3 is 29.9 Å². The van der Waals surface area contributed by atoms with Crippen LogP contribution in [0.4, 0.5) is 0 Å². The number of carbonyl (C=O) groups is 2. The first-order valence-corrected chi connectivity index (χ1v) is 15.9. The van der Waals surface area contributed by atoms with E-state index in [-0.39, 0.29) is 34.6 Å². The molecule has 8 heteroatoms. The van der Waals surface area contributed by atoms with Crippen molar-refractivity contribution in [3.05, 3.63) is 142 Å². The number of aromatic hydroxyl groups is 4. The third kappa shape index (κ3) is 11.0. The van der Waals surface area contributed by atoms with E-state index in [4.69, 9.17) is 9.47 Å². The van der Waals surface area contributed by atoms with Crippen LogP contribution in [0.5, 0.6) is 34.5 Å². The fourth-order valence-corrected chi connectivity index (χ4v) is 4.80. The van der Waals surface area contributed by atoms with Gasteiger partial charge in [0.15, 0.2) is 11.6 Å². The van der Waals surface area contributed by atoms with Crippen LogP contribution in [-0.4, -0.2) is 46.2 Å². The lowest BCUT2D eigenvalue weighted by atomic mass is 10.0. The van der Waals surface area contributed by atoms with Gasteiger partial charge in [-0.2, -0.15) is 0 Å². The maximum Gasteiger partial charge on any atom is 0.185 e. The smallest absolute Gasteiger partial charge is 0.185 e. The monoisotopic (exact) mass is 676 g/mol. The molecule has 0 aliphatic carbocycles. The summed E-state index contributed by atoms with van der Waals surface area (Å²) in [5, 5.41) is 38.8. The Bertz CT molecular complexity index is 1760. The van der Waals surface area contributed by atoms with Crippen LogP contribution in [0.2, 0.25) is 0 Å². The number of phenols is 4. The topological polar surface area (TPSA) is 134 Å². The molecule has 0 aliphatic rings. The van der Waals surface area contributed by atoms with Crippen LogP contribution < -0.4 is 9.47 Å². The quantitative estimate of drug-likeness (QED) is 0.0664. The summed E-state index contributed by atoms with van der Waals surface area (Å²) >= 11 is 0. The van der Waals surface area contributed by atoms with Crippen molar-refractivity contribution in [1.29, 1.82) is 0 Å². The summed E-state index contributed by atoms with van der Waals surface area (Å²) in [4.78, 5) is 24.5. The normalized spacial score (nSPS) is 10.7. The summed E-state index contributed by atoms with van der Waals surface area (Å²) in [5.41, 5.74) is 6.04. The molecule has 0 radical (unpaired) electrons. The lowest BCUT2D eigenvalue weighted by molar-refractivity contribution is 0.103. The van der Waals surface area contributed by atoms with E-state index in [0.29, 0.717) is 57.7 Å². The molecule has 4 aromatic rings. The molecule has 4 rings (SSSR count). The maximum absolute atomic E-state index is 12.2. The van der Waals surface area contributed by atoms with Gasteiger partial charge in [-0.1, -0.05) is 23.3 Å². The molecule has 0 saturated heterocycles. The molecule has 0 spiro atoms. The molecule has 50 heavy (non-hydrogen) atoms. The van der Waals surface area contributed by atoms with Crippen LogP contribution >= 0.6 is 0 Å². The van der Waals surface area contributed by atoms with Gasteiger partial charge in [-0.3, -0.25) is 9.59 Å². The van der Waals surface area contributed by atoms with Crippen LogP contribution in [0, 0.1) is 0 Å². The first-order chi connectivity index (χ1) is 23.8. The number of hydrogen-bond acceptors (Lipinski definition) is 8. The fraction of sp³-hybridized carbons (Fsp3) is 0.190. The minimum absolute atomic E-state index is 0.115. The molecule has 0 fully saturated rings. The number of benzene rings is 4. The molecule has 0 aliphatic heterocycles. The second-order valence-electron chi connectivity index (χ2n) is 11.8. The molecule has 0 unspecified atom stereocenters. The van der Waals surface area contributed by atoms with E-state index >= 15 is 0 Å². The van der Waals surface area contributed by atoms with Gasteiger partial charge in [-0.15, -0.1) is 0 Å². The Labute approximate surface area is 293 Å². The van der Waals surface area contributed by atoms with Crippen LogP contribution in [0.3, 0.4) is 0 Å². The molecule has 4 aromatic carbocycles. The molecular formula is C42H44O8. The highest BCUT2D eigenvalue weighted by atomic mass is 16.5. The largest absolute Gasteiger partial charge is 0.508 e. The predicted octanol–water partition coefficient (Wildman–Crippen LogP) is 9.02. The first kappa shape index (κ1) is 38.4. The standard InChI is InChI=1S/2C21H22O4/c2*1-14(2)4-11-18-20(24)13-8-16(21(18)25-3)7-12-19(23)15-5-9-17(22)10-6-15/h2*4-10,12-13,22,24H,11H2,1-3H3/b12-7+;. The van der Waals surface area contributed by atoms with Gasteiger partial charge in [0.2, 0.25) is 0 Å². The molecule has 0 saturated carbocycles. The Balaban J connectivity index is 0.000000270. The van der Waals surface area contributed by atoms with Crippen molar-refractivity contribution in [2.75, 3.05) is 14.2 Å². The number of phenolic OH excluding ortho intramolecular Hbond substituents is 4. The zero-order valence-electron chi connectivity index (χ0n) is 29.2. The minimum atomic E-state index is -0.180. The number of rotatable bonds is 12. The summed E-state index contributed by atoms with van der Waals surface area (Å²) < 4.78 is 10.9. The van der Waals surface area contributed by atoms with Gasteiger partial charge >= 0.3 is 0 Å². The molecule has 260 valence electrons. The van der Waals surface area contributed by atoms with Gasteiger partial charge in [0.1, 0.15) is 34.5 Å². The minimum Gasteiger partial charge on any atom is -0.508 e. The van der Waals surface area contributed by atoms with Crippen LogP contribution in [0.1, 0.15) is 70.7 Å². The second kappa shape index (κ2) is 18.5. The van der Waals surface area contributed by atoms with E-state index in [9.17, 15) is 30.0 Å². The molecule has 4 N–H and O–H groups in total. The first-order valence-electron chi connectivity index (χ1n) is 15.9. The van der Waals surface area contributed by atoms with Crippen molar-refractivity contribution < 1.29 is 39.5 Å². The SMILES string of the molecule is COc1c(/C=C/C(=O)c2ccc(O)cc2)ccc(O)c1CC=C(C)C.COc1c(C=CC(=O)c2ccc(O)cc2)ccc(O)c1CC=C(C)C. The lowest BCUT2D eigenvalue weighted by Gasteiger charge is -2.12. The Hall–Kier alpha value is -6.02. The van der Waals surface area contributed by atoms with E-state index in [2.05, 4.69) is 0 Å². The number of carbonyl (C=O) groups excluding carboxylic acids is 2. The molecule has 0 amide bonds. The summed E-state index contributed by atoms with van der Waals surface area (Å²) in [6.45, 7) is 7.96. The summed E-state index contributed by atoms with van der Waals surface area (Å²) in [5.74, 6) is 1.29. The van der Waals surface area contributed by atoms with Gasteiger partial charge in [0.05, 0.1) is 14.2 Å². The summed E-state index contributed by atoms with van der Waals surface area (Å²) in [6, 6.07) is 18.8. The lowest BCUT2D eigenvalue weighted by Crippen LogP contribution is -1.96. The molecule has 0 bridgehead atoms. The van der Waals surface area contributed by atoms with E-state index in [1.165, 1.54) is 36.4 Å². The van der Waals surface area contributed by atoms with E-state index < -0.39 is 0 Å². The number of methoxy groups -OCH3 is 2. The molecule has 0 heterocycles. The van der Waals surface area contributed by atoms with Crippen LogP contribution in [0.15, 0.2) is 108 Å². The van der Waals surface area contributed by atoms with Gasteiger partial charge in [0, 0.05) is 33.4 Å². The zero-order valence-corrected chi connectivity index (χ0v) is 29.2. The average Bonchev–Trinajstić information content (AvgIpc) is 3.09.